The Morgan fingerprint density at radius 2 is 1.55 bits per heavy atom. The molecule has 0 nitrogen and oxygen atoms in total. The predicted molar refractivity (Wildman–Crippen MR) is 131 cm³/mol. The Balaban J connectivity index is 2.11. The first-order valence-corrected chi connectivity index (χ1v) is 14.3. The van der Waals surface area contributed by atoms with E-state index in [0.717, 1.165) is 6.42 Å². The minimum atomic E-state index is -1.48. The van der Waals surface area contributed by atoms with E-state index in [1.165, 1.54) is 37.6 Å². The first-order valence-electron chi connectivity index (χ1n) is 10.8. The molecule has 1 heteroatoms. The summed E-state index contributed by atoms with van der Waals surface area (Å²) >= 11 is 0. The van der Waals surface area contributed by atoms with Gasteiger partial charge in [0.25, 0.3) is 0 Å². The number of hydrogen-bond donors (Lipinski definition) is 0. The first kappa shape index (κ1) is 20.2. The predicted octanol–water partition coefficient (Wildman–Crippen LogP) is 6.31. The van der Waals surface area contributed by atoms with Gasteiger partial charge in [-0.05, 0) is 69.3 Å². The maximum Gasteiger partial charge on any atom is 0.0779 e. The fourth-order valence-corrected chi connectivity index (χ4v) is 6.47. The number of allylic oxidation sites excluding steroid dienone is 4. The van der Waals surface area contributed by atoms with Gasteiger partial charge < -0.3 is 0 Å². The SMILES string of the molecule is CC(C)=c1ccc2c(c1C1=C([Si](C)(C)C)C=C(C(C)(C)C)C1)C=c1ccccc1=2. The summed E-state index contributed by atoms with van der Waals surface area (Å²) in [6.07, 6.45) is 6.08. The monoisotopic (exact) mass is 398 g/mol. The largest absolute Gasteiger partial charge is 0.0779 e. The van der Waals surface area contributed by atoms with Gasteiger partial charge >= 0.3 is 0 Å². The van der Waals surface area contributed by atoms with Crippen LogP contribution in [0.15, 0.2) is 53.2 Å². The first-order chi connectivity index (χ1) is 13.5. The molecule has 2 aromatic rings. The second-order valence-electron chi connectivity index (χ2n) is 10.9. The molecule has 0 radical (unpaired) electrons. The summed E-state index contributed by atoms with van der Waals surface area (Å²) in [5, 5.41) is 7.19. The third-order valence-electron chi connectivity index (χ3n) is 6.42. The van der Waals surface area contributed by atoms with Crippen molar-refractivity contribution in [3.63, 3.8) is 0 Å². The lowest BCUT2D eigenvalue weighted by molar-refractivity contribution is 0.497. The van der Waals surface area contributed by atoms with Crippen LogP contribution in [-0.2, 0) is 0 Å². The molecule has 0 fully saturated rings. The average Bonchev–Trinajstić information content (AvgIpc) is 3.22. The minimum Gasteiger partial charge on any atom is -0.0686 e. The Kier molecular flexibility index (Phi) is 4.66. The molecular formula is C28H34Si. The maximum atomic E-state index is 2.57. The van der Waals surface area contributed by atoms with Gasteiger partial charge in [-0.3, -0.25) is 0 Å². The van der Waals surface area contributed by atoms with E-state index < -0.39 is 8.07 Å². The van der Waals surface area contributed by atoms with Crippen LogP contribution in [0.3, 0.4) is 0 Å². The van der Waals surface area contributed by atoms with Crippen molar-refractivity contribution in [2.24, 2.45) is 5.41 Å². The molecule has 0 aromatic heterocycles. The summed E-state index contributed by atoms with van der Waals surface area (Å²) < 4.78 is 0. The van der Waals surface area contributed by atoms with E-state index in [0.29, 0.717) is 0 Å². The van der Waals surface area contributed by atoms with Crippen molar-refractivity contribution < 1.29 is 0 Å². The summed E-state index contributed by atoms with van der Waals surface area (Å²) in [7, 11) is -1.48. The Bertz CT molecular complexity index is 1280. The van der Waals surface area contributed by atoms with Gasteiger partial charge in [0.15, 0.2) is 0 Å². The fraction of sp³-hybridized carbons (Fsp3) is 0.357. The van der Waals surface area contributed by atoms with E-state index in [1.54, 1.807) is 16.3 Å². The van der Waals surface area contributed by atoms with Crippen molar-refractivity contribution in [3.05, 3.63) is 85.2 Å². The smallest absolute Gasteiger partial charge is 0.0686 e. The zero-order valence-corrected chi connectivity index (χ0v) is 20.3. The van der Waals surface area contributed by atoms with E-state index in [2.05, 4.69) is 103 Å². The van der Waals surface area contributed by atoms with Crippen LogP contribution in [0.5, 0.6) is 0 Å². The highest BCUT2D eigenvalue weighted by Gasteiger charge is 2.32. The van der Waals surface area contributed by atoms with Crippen LogP contribution >= 0.6 is 0 Å². The van der Waals surface area contributed by atoms with Crippen LogP contribution in [0, 0.1) is 15.9 Å². The van der Waals surface area contributed by atoms with Gasteiger partial charge in [0.1, 0.15) is 0 Å². The van der Waals surface area contributed by atoms with Crippen molar-refractivity contribution >= 4 is 25.3 Å². The van der Waals surface area contributed by atoms with Gasteiger partial charge in [0.05, 0.1) is 8.07 Å². The van der Waals surface area contributed by atoms with Crippen LogP contribution < -0.4 is 10.4 Å². The molecular weight excluding hydrogens is 364 g/mol. The summed E-state index contributed by atoms with van der Waals surface area (Å²) in [5.74, 6) is 0. The minimum absolute atomic E-state index is 0.211. The molecule has 4 rings (SSSR count). The maximum absolute atomic E-state index is 2.57. The van der Waals surface area contributed by atoms with Gasteiger partial charge in [-0.2, -0.15) is 0 Å². The Hall–Kier alpha value is -2.12. The zero-order valence-electron chi connectivity index (χ0n) is 19.3. The van der Waals surface area contributed by atoms with Crippen LogP contribution in [0.2, 0.25) is 19.6 Å². The molecule has 0 saturated carbocycles. The molecule has 2 aromatic carbocycles. The second kappa shape index (κ2) is 6.70. The van der Waals surface area contributed by atoms with Crippen LogP contribution in [0.4, 0.5) is 0 Å². The summed E-state index contributed by atoms with van der Waals surface area (Å²) in [6.45, 7) is 19.1. The average molecular weight is 399 g/mol. The topological polar surface area (TPSA) is 0 Å². The molecule has 2 aliphatic rings. The molecule has 0 N–H and O–H groups in total. The van der Waals surface area contributed by atoms with Crippen molar-refractivity contribution in [3.8, 4) is 0 Å². The van der Waals surface area contributed by atoms with Crippen molar-refractivity contribution in [1.82, 2.24) is 0 Å². The second-order valence-corrected chi connectivity index (χ2v) is 16.0. The third kappa shape index (κ3) is 3.40. The normalized spacial score (nSPS) is 15.8. The van der Waals surface area contributed by atoms with Gasteiger partial charge in [-0.15, -0.1) is 0 Å². The quantitative estimate of drug-likeness (QED) is 0.444. The number of hydrogen-bond acceptors (Lipinski definition) is 0. The van der Waals surface area contributed by atoms with Crippen molar-refractivity contribution in [1.29, 1.82) is 0 Å². The lowest BCUT2D eigenvalue weighted by atomic mass is 9.83. The highest BCUT2D eigenvalue weighted by atomic mass is 28.3. The highest BCUT2D eigenvalue weighted by molar-refractivity contribution is 6.84. The summed E-state index contributed by atoms with van der Waals surface area (Å²) in [4.78, 5) is 0. The van der Waals surface area contributed by atoms with Crippen LogP contribution in [0.25, 0.3) is 17.2 Å². The molecule has 0 bridgehead atoms. The highest BCUT2D eigenvalue weighted by Crippen LogP contribution is 2.44. The zero-order chi connectivity index (χ0) is 21.1. The molecule has 0 heterocycles. The lowest BCUT2D eigenvalue weighted by Gasteiger charge is -2.22. The molecule has 150 valence electrons. The third-order valence-corrected chi connectivity index (χ3v) is 8.48. The van der Waals surface area contributed by atoms with Gasteiger partial charge in [-0.1, -0.05) is 99.2 Å². The Morgan fingerprint density at radius 1 is 0.862 bits per heavy atom. The molecule has 0 aliphatic heterocycles. The van der Waals surface area contributed by atoms with E-state index in [4.69, 9.17) is 0 Å². The van der Waals surface area contributed by atoms with Crippen molar-refractivity contribution in [2.75, 3.05) is 0 Å². The van der Waals surface area contributed by atoms with E-state index in [9.17, 15) is 0 Å². The van der Waals surface area contributed by atoms with E-state index >= 15 is 0 Å². The van der Waals surface area contributed by atoms with E-state index in [1.807, 2.05) is 0 Å². The van der Waals surface area contributed by atoms with Gasteiger partial charge in [-0.25, -0.2) is 0 Å². The summed E-state index contributed by atoms with van der Waals surface area (Å²) in [6, 6.07) is 13.5. The number of benzene rings is 2. The Labute approximate surface area is 176 Å². The Morgan fingerprint density at radius 3 is 2.17 bits per heavy atom. The summed E-state index contributed by atoms with van der Waals surface area (Å²) in [5.41, 5.74) is 7.70. The number of fused-ring (bicyclic) bond motifs is 2. The molecule has 0 saturated heterocycles. The molecule has 2 aliphatic carbocycles. The molecule has 29 heavy (non-hydrogen) atoms. The van der Waals surface area contributed by atoms with Crippen LogP contribution in [-0.4, -0.2) is 8.07 Å². The lowest BCUT2D eigenvalue weighted by Crippen LogP contribution is -2.24. The van der Waals surface area contributed by atoms with E-state index in [-0.39, 0.29) is 5.41 Å². The van der Waals surface area contributed by atoms with Gasteiger partial charge in [0, 0.05) is 0 Å². The van der Waals surface area contributed by atoms with Crippen LogP contribution in [0.1, 0.15) is 52.2 Å². The van der Waals surface area contributed by atoms with Crippen molar-refractivity contribution in [2.45, 2.75) is 60.7 Å². The standard InChI is InChI=1S/C28H34Si/c1-18(2)21-13-14-23-22-12-10-9-11-19(22)15-24(23)27(21)25-16-20(28(3,4)5)17-26(25)29(6,7)8/h9-15,17H,16H2,1-8H3. The fourth-order valence-electron chi connectivity index (χ4n) is 4.74. The molecule has 0 unspecified atom stereocenters. The van der Waals surface area contributed by atoms with Gasteiger partial charge in [0.2, 0.25) is 0 Å². The number of rotatable bonds is 2. The molecule has 0 spiro atoms. The molecule has 0 atom stereocenters. The molecule has 0 amide bonds.